The smallest absolute Gasteiger partial charge is 0.330 e. The highest BCUT2D eigenvalue weighted by atomic mass is 16.5. The molecule has 1 aromatic carbocycles. The quantitative estimate of drug-likeness (QED) is 0.361. The van der Waals surface area contributed by atoms with Crippen LogP contribution < -0.4 is 4.74 Å². The van der Waals surface area contributed by atoms with E-state index in [0.29, 0.717) is 0 Å². The molecule has 0 heterocycles. The largest absolute Gasteiger partial charge is 0.497 e. The standard InChI is InChI=1S/C20H20O3/c1-4-8-17(11-7-12-20(21)23-3)9-5-6-10-18-13-15-19(22-2)16-14-18/h7,11-16H,4,8H2,1-3H3/b12-7-,17-11-. The molecule has 118 valence electrons. The van der Waals surface area contributed by atoms with Crippen molar-refractivity contribution in [2.24, 2.45) is 0 Å². The zero-order valence-electron chi connectivity index (χ0n) is 13.7. The van der Waals surface area contributed by atoms with E-state index in [1.807, 2.05) is 30.3 Å². The van der Waals surface area contributed by atoms with Gasteiger partial charge in [0.1, 0.15) is 5.75 Å². The molecule has 0 N–H and O–H groups in total. The molecule has 0 atom stereocenters. The van der Waals surface area contributed by atoms with Gasteiger partial charge in [-0.2, -0.15) is 0 Å². The van der Waals surface area contributed by atoms with Gasteiger partial charge < -0.3 is 9.47 Å². The Morgan fingerprint density at radius 1 is 1.17 bits per heavy atom. The SMILES string of the molecule is CCC/C(C#CC#Cc1ccc(OC)cc1)=C/C=C\C(=O)OC. The lowest BCUT2D eigenvalue weighted by Gasteiger charge is -1.97. The van der Waals surface area contributed by atoms with Crippen molar-refractivity contribution in [2.75, 3.05) is 14.2 Å². The van der Waals surface area contributed by atoms with Crippen molar-refractivity contribution in [1.82, 2.24) is 0 Å². The number of rotatable bonds is 5. The predicted octanol–water partition coefficient (Wildman–Crippen LogP) is 3.51. The molecular weight excluding hydrogens is 288 g/mol. The minimum Gasteiger partial charge on any atom is -0.497 e. The first-order chi connectivity index (χ1) is 11.2. The van der Waals surface area contributed by atoms with Gasteiger partial charge in [0.25, 0.3) is 0 Å². The van der Waals surface area contributed by atoms with Crippen LogP contribution in [-0.4, -0.2) is 20.2 Å². The molecule has 0 spiro atoms. The Morgan fingerprint density at radius 3 is 2.52 bits per heavy atom. The van der Waals surface area contributed by atoms with Crippen molar-refractivity contribution in [3.05, 3.63) is 53.6 Å². The van der Waals surface area contributed by atoms with Crippen LogP contribution in [0.15, 0.2) is 48.1 Å². The summed E-state index contributed by atoms with van der Waals surface area (Å²) in [5.74, 6) is 12.1. The number of carbonyl (C=O) groups is 1. The third-order valence-corrected chi connectivity index (χ3v) is 2.83. The normalized spacial score (nSPS) is 10.3. The van der Waals surface area contributed by atoms with Crippen LogP contribution in [0.3, 0.4) is 0 Å². The first kappa shape index (κ1) is 18.1. The summed E-state index contributed by atoms with van der Waals surface area (Å²) < 4.78 is 9.63. The summed E-state index contributed by atoms with van der Waals surface area (Å²) in [6.45, 7) is 2.07. The van der Waals surface area contributed by atoms with Crippen molar-refractivity contribution in [2.45, 2.75) is 19.8 Å². The minimum absolute atomic E-state index is 0.385. The zero-order valence-corrected chi connectivity index (χ0v) is 13.7. The van der Waals surface area contributed by atoms with Gasteiger partial charge >= 0.3 is 5.97 Å². The van der Waals surface area contributed by atoms with E-state index in [0.717, 1.165) is 29.7 Å². The molecular formula is C20H20O3. The van der Waals surface area contributed by atoms with Crippen LogP contribution >= 0.6 is 0 Å². The Kier molecular flexibility index (Phi) is 8.49. The first-order valence-corrected chi connectivity index (χ1v) is 7.30. The van der Waals surface area contributed by atoms with E-state index in [1.165, 1.54) is 13.2 Å². The number of methoxy groups -OCH3 is 2. The van der Waals surface area contributed by atoms with E-state index in [1.54, 1.807) is 13.2 Å². The molecule has 0 fully saturated rings. The van der Waals surface area contributed by atoms with Gasteiger partial charge in [-0.25, -0.2) is 4.79 Å². The summed E-state index contributed by atoms with van der Waals surface area (Å²) in [5, 5.41) is 0. The van der Waals surface area contributed by atoms with E-state index in [2.05, 4.69) is 35.3 Å². The Hall–Kier alpha value is -2.91. The first-order valence-electron chi connectivity index (χ1n) is 7.30. The van der Waals surface area contributed by atoms with Gasteiger partial charge in [-0.15, -0.1) is 0 Å². The fraction of sp³-hybridized carbons (Fsp3) is 0.250. The molecule has 0 amide bonds. The van der Waals surface area contributed by atoms with E-state index in [-0.39, 0.29) is 5.97 Å². The van der Waals surface area contributed by atoms with Crippen LogP contribution in [0.25, 0.3) is 0 Å². The molecule has 3 heteroatoms. The summed E-state index contributed by atoms with van der Waals surface area (Å²) in [6, 6.07) is 7.49. The highest BCUT2D eigenvalue weighted by Gasteiger charge is 1.91. The molecule has 1 rings (SSSR count). The number of benzene rings is 1. The lowest BCUT2D eigenvalue weighted by molar-refractivity contribution is -0.134. The summed E-state index contributed by atoms with van der Waals surface area (Å²) in [6.07, 6.45) is 6.62. The van der Waals surface area contributed by atoms with Gasteiger partial charge in [0.05, 0.1) is 14.2 Å². The Balaban J connectivity index is 2.76. The molecule has 0 bridgehead atoms. The second kappa shape index (κ2) is 10.8. The second-order valence-electron chi connectivity index (χ2n) is 4.55. The fourth-order valence-electron chi connectivity index (χ4n) is 1.66. The lowest BCUT2D eigenvalue weighted by Crippen LogP contribution is -1.92. The Bertz CT molecular complexity index is 686. The van der Waals surface area contributed by atoms with Crippen molar-refractivity contribution in [3.63, 3.8) is 0 Å². The van der Waals surface area contributed by atoms with Gasteiger partial charge in [0.2, 0.25) is 0 Å². The number of hydrogen-bond acceptors (Lipinski definition) is 3. The van der Waals surface area contributed by atoms with Crippen molar-refractivity contribution in [1.29, 1.82) is 0 Å². The van der Waals surface area contributed by atoms with Crippen molar-refractivity contribution < 1.29 is 14.3 Å². The Morgan fingerprint density at radius 2 is 1.91 bits per heavy atom. The second-order valence-corrected chi connectivity index (χ2v) is 4.55. The summed E-state index contributed by atoms with van der Waals surface area (Å²) in [7, 11) is 2.97. The van der Waals surface area contributed by atoms with Gasteiger partial charge in [0.15, 0.2) is 0 Å². The summed E-state index contributed by atoms with van der Waals surface area (Å²) in [5.41, 5.74) is 1.81. The maximum absolute atomic E-state index is 11.0. The molecule has 3 nitrogen and oxygen atoms in total. The highest BCUT2D eigenvalue weighted by molar-refractivity contribution is 5.82. The van der Waals surface area contributed by atoms with Crippen LogP contribution in [0.4, 0.5) is 0 Å². The topological polar surface area (TPSA) is 35.5 Å². The van der Waals surface area contributed by atoms with Crippen LogP contribution in [0.1, 0.15) is 25.3 Å². The minimum atomic E-state index is -0.385. The Labute approximate surface area is 138 Å². The molecule has 0 aliphatic carbocycles. The monoisotopic (exact) mass is 308 g/mol. The van der Waals surface area contributed by atoms with E-state index in [4.69, 9.17) is 4.74 Å². The maximum atomic E-state index is 11.0. The number of hydrogen-bond donors (Lipinski definition) is 0. The van der Waals surface area contributed by atoms with E-state index >= 15 is 0 Å². The molecule has 0 aromatic heterocycles. The zero-order chi connectivity index (χ0) is 16.9. The number of carbonyl (C=O) groups excluding carboxylic acids is 1. The van der Waals surface area contributed by atoms with Gasteiger partial charge in [-0.05, 0) is 42.5 Å². The molecule has 0 aliphatic rings. The lowest BCUT2D eigenvalue weighted by atomic mass is 10.1. The fourth-order valence-corrected chi connectivity index (χ4v) is 1.66. The van der Waals surface area contributed by atoms with Crippen LogP contribution in [0.5, 0.6) is 5.75 Å². The van der Waals surface area contributed by atoms with Crippen molar-refractivity contribution in [3.8, 4) is 29.4 Å². The maximum Gasteiger partial charge on any atom is 0.330 e. The number of allylic oxidation sites excluding steroid dienone is 3. The van der Waals surface area contributed by atoms with Crippen LogP contribution in [0, 0.1) is 23.7 Å². The predicted molar refractivity (Wildman–Crippen MR) is 91.8 cm³/mol. The molecule has 0 radical (unpaired) electrons. The third kappa shape index (κ3) is 7.60. The van der Waals surface area contributed by atoms with Crippen molar-refractivity contribution >= 4 is 5.97 Å². The number of esters is 1. The molecule has 0 saturated carbocycles. The summed E-state index contributed by atoms with van der Waals surface area (Å²) in [4.78, 5) is 11.0. The van der Waals surface area contributed by atoms with Gasteiger partial charge in [-0.1, -0.05) is 37.3 Å². The molecule has 0 unspecified atom stereocenters. The number of ether oxygens (including phenoxy) is 2. The van der Waals surface area contributed by atoms with Crippen LogP contribution in [0.2, 0.25) is 0 Å². The van der Waals surface area contributed by atoms with E-state index < -0.39 is 0 Å². The van der Waals surface area contributed by atoms with Gasteiger partial charge in [0, 0.05) is 17.2 Å². The van der Waals surface area contributed by atoms with Crippen LogP contribution in [-0.2, 0) is 9.53 Å². The van der Waals surface area contributed by atoms with Gasteiger partial charge in [-0.3, -0.25) is 0 Å². The third-order valence-electron chi connectivity index (χ3n) is 2.83. The average Bonchev–Trinajstić information content (AvgIpc) is 2.58. The average molecular weight is 308 g/mol. The molecule has 23 heavy (non-hydrogen) atoms. The summed E-state index contributed by atoms with van der Waals surface area (Å²) >= 11 is 0. The molecule has 0 saturated heterocycles. The molecule has 1 aromatic rings. The van der Waals surface area contributed by atoms with E-state index in [9.17, 15) is 4.79 Å². The molecule has 0 aliphatic heterocycles. The highest BCUT2D eigenvalue weighted by Crippen LogP contribution is 2.10.